The summed E-state index contributed by atoms with van der Waals surface area (Å²) < 4.78 is 9.34. The fourth-order valence-electron chi connectivity index (χ4n) is 0.368. The van der Waals surface area contributed by atoms with Crippen molar-refractivity contribution >= 4 is 5.97 Å². The first kappa shape index (κ1) is 9.99. The van der Waals surface area contributed by atoms with Crippen LogP contribution in [0, 0.1) is 11.8 Å². The summed E-state index contributed by atoms with van der Waals surface area (Å²) in [5.74, 6) is 4.24. The molecule has 0 atom stereocenters. The Kier molecular flexibility index (Phi) is 5.22. The zero-order valence-electron chi connectivity index (χ0n) is 7.01. The number of hydrogen-bond donors (Lipinski definition) is 0. The molecule has 11 heavy (non-hydrogen) atoms. The van der Waals surface area contributed by atoms with Crippen molar-refractivity contribution in [2.24, 2.45) is 0 Å². The van der Waals surface area contributed by atoms with E-state index in [2.05, 4.69) is 16.6 Å². The van der Waals surface area contributed by atoms with E-state index in [1.54, 1.807) is 0 Å². The van der Waals surface area contributed by atoms with E-state index in [0.29, 0.717) is 0 Å². The zero-order chi connectivity index (χ0) is 8.69. The molecule has 0 aliphatic carbocycles. The largest absolute Gasteiger partial charge is 0.459 e. The predicted octanol–water partition coefficient (Wildman–Crippen LogP) is 0.588. The van der Waals surface area contributed by atoms with E-state index >= 15 is 0 Å². The first-order valence-corrected chi connectivity index (χ1v) is 3.35. The van der Waals surface area contributed by atoms with Crippen LogP contribution in [0.25, 0.3) is 0 Å². The molecule has 0 saturated carbocycles. The predicted molar refractivity (Wildman–Crippen MR) is 40.9 cm³/mol. The Hall–Kier alpha value is -1.01. The van der Waals surface area contributed by atoms with Crippen molar-refractivity contribution in [3.05, 3.63) is 0 Å². The van der Waals surface area contributed by atoms with Crippen LogP contribution in [-0.4, -0.2) is 25.8 Å². The van der Waals surface area contributed by atoms with Crippen molar-refractivity contribution in [1.29, 1.82) is 0 Å². The normalized spacial score (nSPS) is 8.73. The summed E-state index contributed by atoms with van der Waals surface area (Å²) >= 11 is 0. The van der Waals surface area contributed by atoms with Gasteiger partial charge >= 0.3 is 5.97 Å². The van der Waals surface area contributed by atoms with E-state index < -0.39 is 5.97 Å². The van der Waals surface area contributed by atoms with Gasteiger partial charge in [0.05, 0.1) is 13.2 Å². The van der Waals surface area contributed by atoms with Crippen LogP contribution in [0.2, 0.25) is 0 Å². The fraction of sp³-hybridized carbons (Fsp3) is 0.625. The highest BCUT2D eigenvalue weighted by molar-refractivity contribution is 5.88. The number of carbonyl (C=O) groups is 1. The highest BCUT2D eigenvalue weighted by Gasteiger charge is 1.90. The van der Waals surface area contributed by atoms with E-state index in [4.69, 9.17) is 4.74 Å². The van der Waals surface area contributed by atoms with Gasteiger partial charge in [0.1, 0.15) is 6.61 Å². The second-order valence-corrected chi connectivity index (χ2v) is 2.15. The summed E-state index contributed by atoms with van der Waals surface area (Å²) in [6.45, 7) is 4.08. The third-order valence-corrected chi connectivity index (χ3v) is 0.865. The van der Waals surface area contributed by atoms with Gasteiger partial charge in [-0.2, -0.15) is 0 Å². The Morgan fingerprint density at radius 3 is 2.64 bits per heavy atom. The Bertz CT molecular complexity index is 174. The van der Waals surface area contributed by atoms with Gasteiger partial charge in [-0.25, -0.2) is 4.79 Å². The monoisotopic (exact) mass is 156 g/mol. The molecule has 0 saturated heterocycles. The summed E-state index contributed by atoms with van der Waals surface area (Å²) in [5, 5.41) is 0. The topological polar surface area (TPSA) is 35.5 Å². The van der Waals surface area contributed by atoms with Gasteiger partial charge in [-0.3, -0.25) is 0 Å². The maximum atomic E-state index is 10.4. The quantitative estimate of drug-likeness (QED) is 0.333. The maximum absolute atomic E-state index is 10.4. The molecular formula is C8H12O3. The van der Waals surface area contributed by atoms with Crippen LogP contribution < -0.4 is 0 Å². The Balaban J connectivity index is 3.48. The SMILES string of the molecule is COC(=O)C#CCOC(C)C. The molecular weight excluding hydrogens is 144 g/mol. The molecule has 0 aliphatic heterocycles. The summed E-state index contributed by atoms with van der Waals surface area (Å²) in [6, 6.07) is 0. The van der Waals surface area contributed by atoms with Gasteiger partial charge in [-0.1, -0.05) is 5.92 Å². The highest BCUT2D eigenvalue weighted by atomic mass is 16.5. The number of esters is 1. The molecule has 3 heteroatoms. The summed E-state index contributed by atoms with van der Waals surface area (Å²) in [6.07, 6.45) is 0.141. The molecule has 62 valence electrons. The van der Waals surface area contributed by atoms with E-state index in [1.165, 1.54) is 7.11 Å². The van der Waals surface area contributed by atoms with Gasteiger partial charge in [-0.15, -0.1) is 0 Å². The molecule has 0 rings (SSSR count). The Morgan fingerprint density at radius 1 is 1.55 bits per heavy atom. The molecule has 3 nitrogen and oxygen atoms in total. The minimum absolute atomic E-state index is 0.141. The number of hydrogen-bond acceptors (Lipinski definition) is 3. The van der Waals surface area contributed by atoms with Crippen LogP contribution in [0.1, 0.15) is 13.8 Å². The minimum atomic E-state index is -0.530. The zero-order valence-corrected chi connectivity index (χ0v) is 7.01. The van der Waals surface area contributed by atoms with Gasteiger partial charge in [0.25, 0.3) is 0 Å². The molecule has 0 radical (unpaired) electrons. The van der Waals surface area contributed by atoms with Crippen LogP contribution in [0.5, 0.6) is 0 Å². The second kappa shape index (κ2) is 5.75. The molecule has 0 unspecified atom stereocenters. The van der Waals surface area contributed by atoms with E-state index in [1.807, 2.05) is 13.8 Å². The number of ether oxygens (including phenoxy) is 2. The standard InChI is InChI=1S/C8H12O3/c1-7(2)11-6-4-5-8(9)10-3/h7H,6H2,1-3H3. The number of rotatable bonds is 2. The van der Waals surface area contributed by atoms with Crippen molar-refractivity contribution in [2.75, 3.05) is 13.7 Å². The third kappa shape index (κ3) is 6.88. The van der Waals surface area contributed by atoms with Gasteiger partial charge in [0.15, 0.2) is 0 Å². The highest BCUT2D eigenvalue weighted by Crippen LogP contribution is 1.84. The summed E-state index contributed by atoms with van der Waals surface area (Å²) in [7, 11) is 1.29. The van der Waals surface area contributed by atoms with E-state index in [-0.39, 0.29) is 12.7 Å². The minimum Gasteiger partial charge on any atom is -0.459 e. The first-order chi connectivity index (χ1) is 5.16. The molecule has 0 aromatic heterocycles. The summed E-state index contributed by atoms with van der Waals surface area (Å²) in [4.78, 5) is 10.4. The lowest BCUT2D eigenvalue weighted by atomic mass is 10.5. The van der Waals surface area contributed by atoms with Crippen LogP contribution >= 0.6 is 0 Å². The molecule has 0 bridgehead atoms. The summed E-state index contributed by atoms with van der Waals surface area (Å²) in [5.41, 5.74) is 0. The van der Waals surface area contributed by atoms with Crippen molar-refractivity contribution in [2.45, 2.75) is 20.0 Å². The van der Waals surface area contributed by atoms with E-state index in [0.717, 1.165) is 0 Å². The molecule has 0 aliphatic rings. The first-order valence-electron chi connectivity index (χ1n) is 3.35. The van der Waals surface area contributed by atoms with Crippen molar-refractivity contribution in [1.82, 2.24) is 0 Å². The average Bonchev–Trinajstić information content (AvgIpc) is 1.97. The maximum Gasteiger partial charge on any atom is 0.384 e. The third-order valence-electron chi connectivity index (χ3n) is 0.865. The molecule has 0 N–H and O–H groups in total. The molecule has 0 fully saturated rings. The van der Waals surface area contributed by atoms with Gasteiger partial charge in [-0.05, 0) is 13.8 Å². The second-order valence-electron chi connectivity index (χ2n) is 2.15. The molecule has 0 heterocycles. The van der Waals surface area contributed by atoms with Crippen LogP contribution in [-0.2, 0) is 14.3 Å². The lowest BCUT2D eigenvalue weighted by Crippen LogP contribution is -2.02. The number of methoxy groups -OCH3 is 1. The van der Waals surface area contributed by atoms with Crippen molar-refractivity contribution in [3.63, 3.8) is 0 Å². The van der Waals surface area contributed by atoms with E-state index in [9.17, 15) is 4.79 Å². The molecule has 0 amide bonds. The Labute approximate surface area is 66.7 Å². The van der Waals surface area contributed by atoms with Crippen LogP contribution in [0.15, 0.2) is 0 Å². The Morgan fingerprint density at radius 2 is 2.18 bits per heavy atom. The number of carbonyl (C=O) groups excluding carboxylic acids is 1. The lowest BCUT2D eigenvalue weighted by molar-refractivity contribution is -0.133. The van der Waals surface area contributed by atoms with Crippen LogP contribution in [0.4, 0.5) is 0 Å². The van der Waals surface area contributed by atoms with Crippen molar-refractivity contribution < 1.29 is 14.3 Å². The van der Waals surface area contributed by atoms with Gasteiger partial charge in [0, 0.05) is 5.92 Å². The molecule has 0 aromatic carbocycles. The average molecular weight is 156 g/mol. The molecule has 0 spiro atoms. The molecule has 0 aromatic rings. The van der Waals surface area contributed by atoms with Crippen molar-refractivity contribution in [3.8, 4) is 11.8 Å². The smallest absolute Gasteiger partial charge is 0.384 e. The lowest BCUT2D eigenvalue weighted by Gasteiger charge is -2.00. The fourth-order valence-corrected chi connectivity index (χ4v) is 0.368. The van der Waals surface area contributed by atoms with Crippen LogP contribution in [0.3, 0.4) is 0 Å². The van der Waals surface area contributed by atoms with Gasteiger partial charge < -0.3 is 9.47 Å². The van der Waals surface area contributed by atoms with Gasteiger partial charge in [0.2, 0.25) is 0 Å².